The van der Waals surface area contributed by atoms with Crippen molar-refractivity contribution in [2.24, 2.45) is 11.7 Å². The van der Waals surface area contributed by atoms with Crippen molar-refractivity contribution in [3.63, 3.8) is 0 Å². The van der Waals surface area contributed by atoms with Gasteiger partial charge in [-0.25, -0.2) is 9.37 Å². The summed E-state index contributed by atoms with van der Waals surface area (Å²) in [5.74, 6) is 0.0833. The van der Waals surface area contributed by atoms with Crippen LogP contribution in [-0.2, 0) is 5.54 Å². The molecule has 4 N–H and O–H groups in total. The summed E-state index contributed by atoms with van der Waals surface area (Å²) in [6, 6.07) is 18.6. The second kappa shape index (κ2) is 8.03. The molecule has 0 unspecified atom stereocenters. The summed E-state index contributed by atoms with van der Waals surface area (Å²) < 4.78 is 15.1. The number of nitrogens with two attached hydrogens (primary N) is 1. The van der Waals surface area contributed by atoms with Gasteiger partial charge in [0.25, 0.3) is 0 Å². The number of aliphatic hydroxyl groups is 1. The second-order valence-electron chi connectivity index (χ2n) is 10.5. The normalized spacial score (nSPS) is 23.2. The van der Waals surface area contributed by atoms with Gasteiger partial charge < -0.3 is 10.8 Å². The number of aromatic nitrogens is 4. The van der Waals surface area contributed by atoms with Gasteiger partial charge in [-0.3, -0.25) is 10.1 Å². The highest BCUT2D eigenvalue weighted by Gasteiger charge is 2.58. The van der Waals surface area contributed by atoms with E-state index in [1.807, 2.05) is 42.5 Å². The third-order valence-electron chi connectivity index (χ3n) is 7.99. The van der Waals surface area contributed by atoms with Crippen LogP contribution in [0.1, 0.15) is 31.2 Å². The number of hydrogen-bond donors (Lipinski definition) is 3. The summed E-state index contributed by atoms with van der Waals surface area (Å²) in [5.41, 5.74) is 11.6. The molecule has 7 rings (SSSR count). The molecule has 2 saturated carbocycles. The van der Waals surface area contributed by atoms with Crippen molar-refractivity contribution < 1.29 is 9.50 Å². The molecule has 2 aliphatic carbocycles. The van der Waals surface area contributed by atoms with E-state index in [1.165, 1.54) is 6.07 Å². The van der Waals surface area contributed by atoms with Crippen LogP contribution in [-0.4, -0.2) is 30.9 Å². The summed E-state index contributed by atoms with van der Waals surface area (Å²) >= 11 is 0. The van der Waals surface area contributed by atoms with E-state index in [1.54, 1.807) is 30.7 Å². The molecule has 3 heterocycles. The highest BCUT2D eigenvalue weighted by Crippen LogP contribution is 2.57. The van der Waals surface area contributed by atoms with Gasteiger partial charge in [0.05, 0.1) is 28.7 Å². The van der Waals surface area contributed by atoms with Crippen molar-refractivity contribution in [2.45, 2.75) is 36.8 Å². The van der Waals surface area contributed by atoms with Crippen molar-refractivity contribution >= 4 is 10.9 Å². The maximum Gasteiger partial charge on any atom is 0.131 e. The zero-order chi connectivity index (χ0) is 25.2. The fourth-order valence-corrected chi connectivity index (χ4v) is 5.93. The molecule has 2 fully saturated rings. The predicted molar refractivity (Wildman–Crippen MR) is 141 cm³/mol. The smallest absolute Gasteiger partial charge is 0.131 e. The molecular formula is C30H26FN5O. The van der Waals surface area contributed by atoms with Gasteiger partial charge in [0.2, 0.25) is 0 Å². The van der Waals surface area contributed by atoms with E-state index in [9.17, 15) is 5.11 Å². The van der Waals surface area contributed by atoms with Gasteiger partial charge in [0.15, 0.2) is 0 Å². The number of rotatable bonds is 5. The van der Waals surface area contributed by atoms with E-state index in [4.69, 9.17) is 10.7 Å². The van der Waals surface area contributed by atoms with Gasteiger partial charge in [-0.1, -0.05) is 42.5 Å². The Balaban J connectivity index is 1.34. The zero-order valence-corrected chi connectivity index (χ0v) is 20.2. The van der Waals surface area contributed by atoms with Crippen molar-refractivity contribution in [1.82, 2.24) is 20.2 Å². The first-order valence-corrected chi connectivity index (χ1v) is 12.6. The minimum Gasteiger partial charge on any atom is -0.389 e. The van der Waals surface area contributed by atoms with Gasteiger partial charge in [-0.05, 0) is 55.4 Å². The van der Waals surface area contributed by atoms with Crippen LogP contribution in [0.2, 0.25) is 0 Å². The third-order valence-corrected chi connectivity index (χ3v) is 7.99. The van der Waals surface area contributed by atoms with E-state index >= 15 is 4.39 Å². The fraction of sp³-hybridized carbons (Fsp3) is 0.233. The Morgan fingerprint density at radius 1 is 0.946 bits per heavy atom. The lowest BCUT2D eigenvalue weighted by Crippen LogP contribution is -2.60. The van der Waals surface area contributed by atoms with Crippen LogP contribution in [0.3, 0.4) is 0 Å². The zero-order valence-electron chi connectivity index (χ0n) is 20.2. The molecule has 0 bridgehead atoms. The first-order valence-electron chi connectivity index (χ1n) is 12.6. The Kier molecular flexibility index (Phi) is 4.83. The minimum atomic E-state index is -0.619. The number of halogens is 1. The lowest BCUT2D eigenvalue weighted by Gasteiger charge is -2.52. The monoisotopic (exact) mass is 491 g/mol. The van der Waals surface area contributed by atoms with Gasteiger partial charge in [-0.15, -0.1) is 0 Å². The minimum absolute atomic E-state index is 0.315. The maximum absolute atomic E-state index is 15.1. The Hall–Kier alpha value is -3.94. The lowest BCUT2D eigenvalue weighted by atomic mass is 9.60. The van der Waals surface area contributed by atoms with Crippen LogP contribution in [0.15, 0.2) is 79.3 Å². The molecular weight excluding hydrogens is 465 g/mol. The van der Waals surface area contributed by atoms with Crippen molar-refractivity contribution in [2.75, 3.05) is 0 Å². The molecule has 3 aromatic heterocycles. The molecule has 0 aliphatic heterocycles. The van der Waals surface area contributed by atoms with Crippen LogP contribution in [0.4, 0.5) is 4.39 Å². The number of nitrogens with one attached hydrogen (secondary N) is 1. The van der Waals surface area contributed by atoms with E-state index in [2.05, 4.69) is 15.2 Å². The topological polar surface area (TPSA) is 101 Å². The maximum atomic E-state index is 15.1. The Morgan fingerprint density at radius 2 is 1.73 bits per heavy atom. The van der Waals surface area contributed by atoms with Gasteiger partial charge in [0.1, 0.15) is 5.82 Å². The van der Waals surface area contributed by atoms with E-state index in [0.717, 1.165) is 46.1 Å². The van der Waals surface area contributed by atoms with Crippen LogP contribution in [0.5, 0.6) is 0 Å². The number of nitrogens with zero attached hydrogens (tertiary/aromatic N) is 3. The van der Waals surface area contributed by atoms with Crippen molar-refractivity contribution in [3.05, 3.63) is 90.6 Å². The van der Waals surface area contributed by atoms with Crippen LogP contribution >= 0.6 is 0 Å². The summed E-state index contributed by atoms with van der Waals surface area (Å²) in [5, 5.41) is 18.5. The Morgan fingerprint density at radius 3 is 2.43 bits per heavy atom. The second-order valence-corrected chi connectivity index (χ2v) is 10.5. The van der Waals surface area contributed by atoms with Gasteiger partial charge in [-0.2, -0.15) is 5.10 Å². The number of fused-ring (bicyclic) bond motifs is 1. The van der Waals surface area contributed by atoms with E-state index in [-0.39, 0.29) is 5.82 Å². The molecule has 0 amide bonds. The third kappa shape index (κ3) is 3.65. The largest absolute Gasteiger partial charge is 0.389 e. The molecule has 6 nitrogen and oxygen atoms in total. The molecule has 0 radical (unpaired) electrons. The molecule has 7 heteroatoms. The molecule has 2 aromatic carbocycles. The molecule has 0 spiro atoms. The average Bonchev–Trinajstić information content (AvgIpc) is 3.62. The van der Waals surface area contributed by atoms with Crippen LogP contribution in [0, 0.1) is 11.7 Å². The number of benzene rings is 2. The molecule has 184 valence electrons. The molecule has 5 aromatic rings. The van der Waals surface area contributed by atoms with E-state index in [0.29, 0.717) is 35.6 Å². The average molecular weight is 492 g/mol. The Labute approximate surface area is 213 Å². The molecule has 0 atom stereocenters. The van der Waals surface area contributed by atoms with Crippen LogP contribution < -0.4 is 5.73 Å². The molecule has 37 heavy (non-hydrogen) atoms. The summed E-state index contributed by atoms with van der Waals surface area (Å²) in [4.78, 5) is 9.57. The number of hydrogen-bond acceptors (Lipinski definition) is 5. The lowest BCUT2D eigenvalue weighted by molar-refractivity contribution is -0.106. The first kappa shape index (κ1) is 22.3. The van der Waals surface area contributed by atoms with Crippen molar-refractivity contribution in [1.29, 1.82) is 0 Å². The number of pyridine rings is 2. The van der Waals surface area contributed by atoms with Crippen LogP contribution in [0.25, 0.3) is 44.5 Å². The number of H-pyrrole nitrogens is 1. The summed E-state index contributed by atoms with van der Waals surface area (Å²) in [7, 11) is 0. The first-order chi connectivity index (χ1) is 17.9. The Bertz CT molecular complexity index is 1620. The van der Waals surface area contributed by atoms with Gasteiger partial charge in [0, 0.05) is 45.6 Å². The standard InChI is InChI=1S/C30H26FN5O/c31-25-4-2-1-3-22(25)23-13-24-26(11-12-33-27(24)19-14-34-35-15-19)36-28(23)18-5-7-20(8-6-18)29(32)16-30(37,17-29)21-9-10-21/h1-8,11-15,21,37H,9-10,16-17,32H2,(H,34,35). The van der Waals surface area contributed by atoms with Gasteiger partial charge >= 0.3 is 0 Å². The molecule has 0 saturated heterocycles. The van der Waals surface area contributed by atoms with E-state index < -0.39 is 11.1 Å². The predicted octanol–water partition coefficient (Wildman–Crippen LogP) is 5.58. The summed E-state index contributed by atoms with van der Waals surface area (Å²) in [6.07, 6.45) is 8.58. The fourth-order valence-electron chi connectivity index (χ4n) is 5.93. The highest BCUT2D eigenvalue weighted by molar-refractivity contribution is 5.98. The number of aromatic amines is 1. The quantitative estimate of drug-likeness (QED) is 0.298. The molecule has 2 aliphatic rings. The summed E-state index contributed by atoms with van der Waals surface area (Å²) in [6.45, 7) is 0. The SMILES string of the molecule is NC1(c2ccc(-c3nc4ccnc(-c5cn[nH]c5)c4cc3-c3ccccc3F)cc2)CC(O)(C2CC2)C1. The van der Waals surface area contributed by atoms with Crippen molar-refractivity contribution in [3.8, 4) is 33.6 Å². The highest BCUT2D eigenvalue weighted by atomic mass is 19.1.